The summed E-state index contributed by atoms with van der Waals surface area (Å²) in [5.74, 6) is 1.13. The Kier molecular flexibility index (Phi) is 4.07. The fraction of sp³-hybridized carbons (Fsp3) is 0.158. The van der Waals surface area contributed by atoms with Crippen LogP contribution in [0.25, 0.3) is 0 Å². The SMILES string of the molecule is N#Cc1ccc(COc2ccc([C@H]3CC(=O)Nc4ncnn43)cc2)cc1. The number of ether oxygens (including phenoxy) is 1. The van der Waals surface area contributed by atoms with Crippen LogP contribution in [-0.2, 0) is 11.4 Å². The van der Waals surface area contributed by atoms with E-state index in [0.29, 0.717) is 24.5 Å². The molecule has 0 radical (unpaired) electrons. The van der Waals surface area contributed by atoms with Crippen LogP contribution < -0.4 is 10.1 Å². The third kappa shape index (κ3) is 3.13. The maximum atomic E-state index is 11.8. The predicted octanol–water partition coefficient (Wildman–Crippen LogP) is 2.66. The minimum atomic E-state index is -0.172. The first-order chi connectivity index (χ1) is 12.7. The Bertz CT molecular complexity index is 970. The molecule has 2 heterocycles. The number of anilines is 1. The number of hydrogen-bond acceptors (Lipinski definition) is 5. The molecule has 0 spiro atoms. The van der Waals surface area contributed by atoms with E-state index in [1.165, 1.54) is 6.33 Å². The van der Waals surface area contributed by atoms with Crippen LogP contribution in [0.4, 0.5) is 5.95 Å². The summed E-state index contributed by atoms with van der Waals surface area (Å²) in [7, 11) is 0. The lowest BCUT2D eigenvalue weighted by Gasteiger charge is -2.23. The van der Waals surface area contributed by atoms with Crippen LogP contribution in [0.5, 0.6) is 5.75 Å². The Balaban J connectivity index is 1.46. The van der Waals surface area contributed by atoms with Crippen molar-refractivity contribution in [2.75, 3.05) is 5.32 Å². The lowest BCUT2D eigenvalue weighted by Crippen LogP contribution is -2.29. The largest absolute Gasteiger partial charge is 0.489 e. The molecule has 0 unspecified atom stereocenters. The number of aromatic nitrogens is 3. The average Bonchev–Trinajstić information content (AvgIpc) is 3.15. The van der Waals surface area contributed by atoms with Gasteiger partial charge in [-0.3, -0.25) is 10.1 Å². The zero-order chi connectivity index (χ0) is 17.9. The smallest absolute Gasteiger partial charge is 0.229 e. The number of rotatable bonds is 4. The lowest BCUT2D eigenvalue weighted by molar-refractivity contribution is -0.117. The zero-order valence-corrected chi connectivity index (χ0v) is 13.8. The molecule has 7 nitrogen and oxygen atoms in total. The topological polar surface area (TPSA) is 92.8 Å². The van der Waals surface area contributed by atoms with E-state index in [2.05, 4.69) is 21.5 Å². The molecular weight excluding hydrogens is 330 g/mol. The highest BCUT2D eigenvalue weighted by Crippen LogP contribution is 2.29. The van der Waals surface area contributed by atoms with Gasteiger partial charge in [-0.15, -0.1) is 0 Å². The number of amides is 1. The van der Waals surface area contributed by atoms with Crippen molar-refractivity contribution in [1.29, 1.82) is 5.26 Å². The number of nitriles is 1. The number of nitrogens with zero attached hydrogens (tertiary/aromatic N) is 4. The van der Waals surface area contributed by atoms with Crippen molar-refractivity contribution in [2.24, 2.45) is 0 Å². The van der Waals surface area contributed by atoms with Crippen molar-refractivity contribution < 1.29 is 9.53 Å². The molecule has 2 aromatic carbocycles. The Hall–Kier alpha value is -3.66. The minimum absolute atomic E-state index is 0.0726. The third-order valence-corrected chi connectivity index (χ3v) is 4.25. The summed E-state index contributed by atoms with van der Waals surface area (Å²) in [5.41, 5.74) is 2.59. The van der Waals surface area contributed by atoms with Crippen molar-refractivity contribution in [2.45, 2.75) is 19.1 Å². The second-order valence-corrected chi connectivity index (χ2v) is 5.96. The lowest BCUT2D eigenvalue weighted by atomic mass is 10.0. The molecule has 1 aliphatic rings. The first kappa shape index (κ1) is 15.8. The van der Waals surface area contributed by atoms with Crippen LogP contribution in [0.15, 0.2) is 54.9 Å². The van der Waals surface area contributed by atoms with E-state index >= 15 is 0 Å². The van der Waals surface area contributed by atoms with Gasteiger partial charge in [0, 0.05) is 0 Å². The summed E-state index contributed by atoms with van der Waals surface area (Å²) in [4.78, 5) is 15.9. The van der Waals surface area contributed by atoms with Gasteiger partial charge in [0.2, 0.25) is 11.9 Å². The van der Waals surface area contributed by atoms with Crippen molar-refractivity contribution in [3.05, 3.63) is 71.5 Å². The monoisotopic (exact) mass is 345 g/mol. The van der Waals surface area contributed by atoms with E-state index in [1.54, 1.807) is 16.8 Å². The van der Waals surface area contributed by atoms with Crippen LogP contribution in [0.2, 0.25) is 0 Å². The highest BCUT2D eigenvalue weighted by molar-refractivity contribution is 5.91. The van der Waals surface area contributed by atoms with Crippen LogP contribution >= 0.6 is 0 Å². The number of benzene rings is 2. The molecule has 1 atom stereocenters. The van der Waals surface area contributed by atoms with Crippen LogP contribution in [0.1, 0.15) is 29.2 Å². The normalized spacial score (nSPS) is 15.7. The Morgan fingerprint density at radius 1 is 1.19 bits per heavy atom. The molecule has 7 heteroatoms. The molecule has 0 fully saturated rings. The summed E-state index contributed by atoms with van der Waals surface area (Å²) in [6.45, 7) is 0.421. The van der Waals surface area contributed by atoms with E-state index in [0.717, 1.165) is 16.9 Å². The van der Waals surface area contributed by atoms with Gasteiger partial charge in [-0.25, -0.2) is 4.68 Å². The highest BCUT2D eigenvalue weighted by Gasteiger charge is 2.27. The second-order valence-electron chi connectivity index (χ2n) is 5.96. The van der Waals surface area contributed by atoms with Crippen LogP contribution in [-0.4, -0.2) is 20.7 Å². The number of nitrogens with one attached hydrogen (secondary N) is 1. The Labute approximate surface area is 149 Å². The van der Waals surface area contributed by atoms with E-state index in [1.807, 2.05) is 36.4 Å². The first-order valence-electron chi connectivity index (χ1n) is 8.14. The Morgan fingerprint density at radius 3 is 2.69 bits per heavy atom. The van der Waals surface area contributed by atoms with Gasteiger partial charge in [-0.1, -0.05) is 24.3 Å². The summed E-state index contributed by atoms with van der Waals surface area (Å²) in [5, 5.41) is 15.7. The molecule has 1 N–H and O–H groups in total. The molecular formula is C19H15N5O2. The quantitative estimate of drug-likeness (QED) is 0.785. The van der Waals surface area contributed by atoms with Gasteiger partial charge >= 0.3 is 0 Å². The molecule has 1 aliphatic heterocycles. The summed E-state index contributed by atoms with van der Waals surface area (Å²) < 4.78 is 7.50. The van der Waals surface area contributed by atoms with Gasteiger partial charge in [0.15, 0.2) is 0 Å². The molecule has 0 saturated carbocycles. The van der Waals surface area contributed by atoms with Crippen molar-refractivity contribution >= 4 is 11.9 Å². The summed E-state index contributed by atoms with van der Waals surface area (Å²) in [6.07, 6.45) is 1.75. The fourth-order valence-corrected chi connectivity index (χ4v) is 2.89. The molecule has 1 amide bonds. The Morgan fingerprint density at radius 2 is 1.96 bits per heavy atom. The summed E-state index contributed by atoms with van der Waals surface area (Å²) >= 11 is 0. The fourth-order valence-electron chi connectivity index (χ4n) is 2.89. The van der Waals surface area contributed by atoms with Gasteiger partial charge in [0.1, 0.15) is 18.7 Å². The summed E-state index contributed by atoms with van der Waals surface area (Å²) in [6, 6.07) is 16.8. The maximum absolute atomic E-state index is 11.8. The molecule has 0 aliphatic carbocycles. The van der Waals surface area contributed by atoms with E-state index in [9.17, 15) is 4.79 Å². The van der Waals surface area contributed by atoms with Gasteiger partial charge in [0.05, 0.1) is 24.1 Å². The number of carbonyl (C=O) groups excluding carboxylic acids is 1. The van der Waals surface area contributed by atoms with Crippen molar-refractivity contribution in [1.82, 2.24) is 14.8 Å². The number of carbonyl (C=O) groups is 1. The number of fused-ring (bicyclic) bond motifs is 1. The van der Waals surface area contributed by atoms with Crippen molar-refractivity contribution in [3.8, 4) is 11.8 Å². The predicted molar refractivity (Wildman–Crippen MR) is 93.3 cm³/mol. The number of hydrogen-bond donors (Lipinski definition) is 1. The molecule has 0 saturated heterocycles. The molecule has 0 bridgehead atoms. The van der Waals surface area contributed by atoms with E-state index < -0.39 is 0 Å². The molecule has 128 valence electrons. The molecule has 3 aromatic rings. The maximum Gasteiger partial charge on any atom is 0.229 e. The van der Waals surface area contributed by atoms with Gasteiger partial charge < -0.3 is 4.74 Å². The third-order valence-electron chi connectivity index (χ3n) is 4.25. The minimum Gasteiger partial charge on any atom is -0.489 e. The van der Waals surface area contributed by atoms with Gasteiger partial charge in [0.25, 0.3) is 0 Å². The molecule has 26 heavy (non-hydrogen) atoms. The zero-order valence-electron chi connectivity index (χ0n) is 13.8. The van der Waals surface area contributed by atoms with Crippen LogP contribution in [0.3, 0.4) is 0 Å². The molecule has 4 rings (SSSR count). The molecule has 1 aromatic heterocycles. The van der Waals surface area contributed by atoms with Crippen LogP contribution in [0, 0.1) is 11.3 Å². The van der Waals surface area contributed by atoms with Crippen molar-refractivity contribution in [3.63, 3.8) is 0 Å². The van der Waals surface area contributed by atoms with Gasteiger partial charge in [-0.05, 0) is 35.4 Å². The first-order valence-corrected chi connectivity index (χ1v) is 8.14. The highest BCUT2D eigenvalue weighted by atomic mass is 16.5. The standard InChI is InChI=1S/C19H15N5O2/c20-10-13-1-3-14(4-2-13)11-26-16-7-5-15(6-8-16)17-9-18(25)23-19-21-12-22-24(17)19/h1-8,12,17H,9,11H2,(H,21,22,23,25)/t17-/m1/s1. The average molecular weight is 345 g/mol. The van der Waals surface area contributed by atoms with E-state index in [4.69, 9.17) is 10.00 Å². The van der Waals surface area contributed by atoms with E-state index in [-0.39, 0.29) is 11.9 Å². The van der Waals surface area contributed by atoms with Gasteiger partial charge in [-0.2, -0.15) is 15.3 Å². The second kappa shape index (κ2) is 6.69.